The fourth-order valence-electron chi connectivity index (χ4n) is 2.63. The van der Waals surface area contributed by atoms with Gasteiger partial charge in [0.25, 0.3) is 0 Å². The lowest BCUT2D eigenvalue weighted by atomic mass is 10.1. The van der Waals surface area contributed by atoms with E-state index in [1.807, 2.05) is 38.1 Å². The van der Waals surface area contributed by atoms with Gasteiger partial charge in [-0.05, 0) is 24.3 Å². The highest BCUT2D eigenvalue weighted by Crippen LogP contribution is 2.29. The molecule has 0 bridgehead atoms. The van der Waals surface area contributed by atoms with Gasteiger partial charge in [0.1, 0.15) is 0 Å². The predicted octanol–water partition coefficient (Wildman–Crippen LogP) is 2.95. The highest BCUT2D eigenvalue weighted by molar-refractivity contribution is 8.01. The molecule has 0 radical (unpaired) electrons. The van der Waals surface area contributed by atoms with Crippen LogP contribution in [0.4, 0.5) is 10.8 Å². The van der Waals surface area contributed by atoms with Gasteiger partial charge in [-0.2, -0.15) is 0 Å². The quantitative estimate of drug-likeness (QED) is 0.654. The maximum Gasteiger partial charge on any atom is 0.231 e. The standard InChI is InChI=1S/C16H18N4O2S2/c1-3-23-16-19-18-15(24-16)17-14(22)11-8-13(21)20(9-11)12-7-5-4-6-10(12)2/h4-7,11H,3,8-9H2,1-2H3,(H,17,18,22)/t11-/m0/s1. The van der Waals surface area contributed by atoms with Crippen LogP contribution < -0.4 is 10.2 Å². The van der Waals surface area contributed by atoms with Gasteiger partial charge in [0.15, 0.2) is 4.34 Å². The predicted molar refractivity (Wildman–Crippen MR) is 96.6 cm³/mol. The Morgan fingerprint density at radius 1 is 1.42 bits per heavy atom. The molecule has 1 N–H and O–H groups in total. The number of para-hydroxylation sites is 1. The summed E-state index contributed by atoms with van der Waals surface area (Å²) in [5.41, 5.74) is 1.90. The third kappa shape index (κ3) is 3.59. The second kappa shape index (κ2) is 7.31. The fourth-order valence-corrected chi connectivity index (χ4v) is 4.28. The van der Waals surface area contributed by atoms with E-state index < -0.39 is 0 Å². The molecule has 1 aliphatic heterocycles. The Morgan fingerprint density at radius 2 is 2.21 bits per heavy atom. The topological polar surface area (TPSA) is 75.2 Å². The Morgan fingerprint density at radius 3 is 2.96 bits per heavy atom. The van der Waals surface area contributed by atoms with Crippen molar-refractivity contribution in [1.82, 2.24) is 10.2 Å². The van der Waals surface area contributed by atoms with E-state index in [1.54, 1.807) is 16.7 Å². The molecular formula is C16H18N4O2S2. The van der Waals surface area contributed by atoms with E-state index in [4.69, 9.17) is 0 Å². The molecule has 1 aromatic heterocycles. The normalized spacial score (nSPS) is 17.3. The number of carbonyl (C=O) groups excluding carboxylic acids is 2. The summed E-state index contributed by atoms with van der Waals surface area (Å²) in [7, 11) is 0. The maximum absolute atomic E-state index is 12.4. The highest BCUT2D eigenvalue weighted by Gasteiger charge is 2.35. The van der Waals surface area contributed by atoms with E-state index in [1.165, 1.54) is 11.3 Å². The molecule has 2 amide bonds. The van der Waals surface area contributed by atoms with E-state index in [2.05, 4.69) is 15.5 Å². The molecular weight excluding hydrogens is 344 g/mol. The molecule has 1 saturated heterocycles. The van der Waals surface area contributed by atoms with Crippen molar-refractivity contribution in [2.24, 2.45) is 5.92 Å². The van der Waals surface area contributed by atoms with Crippen molar-refractivity contribution in [2.45, 2.75) is 24.6 Å². The van der Waals surface area contributed by atoms with Gasteiger partial charge in [-0.25, -0.2) is 0 Å². The van der Waals surface area contributed by atoms with Gasteiger partial charge in [-0.3, -0.25) is 9.59 Å². The van der Waals surface area contributed by atoms with Crippen LogP contribution in [0.2, 0.25) is 0 Å². The minimum Gasteiger partial charge on any atom is -0.311 e. The summed E-state index contributed by atoms with van der Waals surface area (Å²) in [5, 5.41) is 11.3. The maximum atomic E-state index is 12.4. The van der Waals surface area contributed by atoms with Crippen LogP contribution in [0.15, 0.2) is 28.6 Å². The van der Waals surface area contributed by atoms with E-state index in [0.29, 0.717) is 11.7 Å². The Labute approximate surface area is 148 Å². The number of aromatic nitrogens is 2. The van der Waals surface area contributed by atoms with Gasteiger partial charge < -0.3 is 10.2 Å². The summed E-state index contributed by atoms with van der Waals surface area (Å²) in [6.07, 6.45) is 0.218. The highest BCUT2D eigenvalue weighted by atomic mass is 32.2. The van der Waals surface area contributed by atoms with Crippen LogP contribution in [0.25, 0.3) is 0 Å². The second-order valence-corrected chi connectivity index (χ2v) is 7.98. The van der Waals surface area contributed by atoms with Gasteiger partial charge in [0, 0.05) is 18.7 Å². The molecule has 0 saturated carbocycles. The van der Waals surface area contributed by atoms with Crippen LogP contribution in [0.1, 0.15) is 18.9 Å². The van der Waals surface area contributed by atoms with Crippen LogP contribution in [0.5, 0.6) is 0 Å². The van der Waals surface area contributed by atoms with E-state index >= 15 is 0 Å². The Bertz CT molecular complexity index is 762. The lowest BCUT2D eigenvalue weighted by Gasteiger charge is -2.18. The summed E-state index contributed by atoms with van der Waals surface area (Å²) >= 11 is 2.94. The molecule has 24 heavy (non-hydrogen) atoms. The number of nitrogens with zero attached hydrogens (tertiary/aromatic N) is 3. The molecule has 126 valence electrons. The van der Waals surface area contributed by atoms with Crippen LogP contribution in [-0.4, -0.2) is 34.3 Å². The number of hydrogen-bond acceptors (Lipinski definition) is 6. The number of anilines is 2. The van der Waals surface area contributed by atoms with E-state index in [0.717, 1.165) is 21.3 Å². The summed E-state index contributed by atoms with van der Waals surface area (Å²) in [6.45, 7) is 4.39. The zero-order valence-electron chi connectivity index (χ0n) is 13.5. The molecule has 3 rings (SSSR count). The molecule has 0 spiro atoms. The van der Waals surface area contributed by atoms with Crippen molar-refractivity contribution in [3.8, 4) is 0 Å². The number of thioether (sulfide) groups is 1. The molecule has 8 heteroatoms. The first-order valence-electron chi connectivity index (χ1n) is 7.71. The zero-order valence-corrected chi connectivity index (χ0v) is 15.1. The number of amides is 2. The monoisotopic (exact) mass is 362 g/mol. The van der Waals surface area contributed by atoms with Crippen LogP contribution in [0, 0.1) is 12.8 Å². The van der Waals surface area contributed by atoms with E-state index in [9.17, 15) is 9.59 Å². The van der Waals surface area contributed by atoms with E-state index in [-0.39, 0.29) is 24.2 Å². The largest absolute Gasteiger partial charge is 0.311 e. The van der Waals surface area contributed by atoms with Crippen LogP contribution in [-0.2, 0) is 9.59 Å². The van der Waals surface area contributed by atoms with Crippen molar-refractivity contribution < 1.29 is 9.59 Å². The summed E-state index contributed by atoms with van der Waals surface area (Å²) < 4.78 is 0.830. The molecule has 1 aliphatic rings. The lowest BCUT2D eigenvalue weighted by molar-refractivity contribution is -0.122. The number of nitrogens with one attached hydrogen (secondary N) is 1. The minimum atomic E-state index is -0.372. The first-order valence-corrected chi connectivity index (χ1v) is 9.52. The smallest absolute Gasteiger partial charge is 0.231 e. The molecule has 1 aromatic carbocycles. The minimum absolute atomic E-state index is 0.0241. The zero-order chi connectivity index (χ0) is 17.1. The fraction of sp³-hybridized carbons (Fsp3) is 0.375. The molecule has 6 nitrogen and oxygen atoms in total. The van der Waals surface area contributed by atoms with Crippen molar-refractivity contribution in [1.29, 1.82) is 0 Å². The number of rotatable bonds is 5. The van der Waals surface area contributed by atoms with Gasteiger partial charge >= 0.3 is 0 Å². The second-order valence-electron chi connectivity index (χ2n) is 5.49. The van der Waals surface area contributed by atoms with Crippen molar-refractivity contribution in [3.63, 3.8) is 0 Å². The first kappa shape index (κ1) is 16.9. The SMILES string of the molecule is CCSc1nnc(NC(=O)[C@H]2CC(=O)N(c3ccccc3C)C2)s1. The average Bonchev–Trinajstić information content (AvgIpc) is 3.15. The average molecular weight is 362 g/mol. The van der Waals surface area contributed by atoms with Gasteiger partial charge in [-0.1, -0.05) is 48.2 Å². The summed E-state index contributed by atoms with van der Waals surface area (Å²) in [6, 6.07) is 7.71. The Hall–Kier alpha value is -1.93. The van der Waals surface area contributed by atoms with Gasteiger partial charge in [0.05, 0.1) is 5.92 Å². The third-order valence-electron chi connectivity index (χ3n) is 3.81. The van der Waals surface area contributed by atoms with Crippen molar-refractivity contribution in [2.75, 3.05) is 22.5 Å². The molecule has 2 heterocycles. The molecule has 1 fully saturated rings. The van der Waals surface area contributed by atoms with Crippen molar-refractivity contribution in [3.05, 3.63) is 29.8 Å². The number of benzene rings is 1. The molecule has 1 atom stereocenters. The van der Waals surface area contributed by atoms with Gasteiger partial charge in [0.2, 0.25) is 16.9 Å². The first-order chi connectivity index (χ1) is 11.6. The molecule has 0 aliphatic carbocycles. The number of carbonyl (C=O) groups is 2. The van der Waals surface area contributed by atoms with Crippen LogP contribution in [0.3, 0.4) is 0 Å². The molecule has 0 unspecified atom stereocenters. The number of aryl methyl sites for hydroxylation is 1. The van der Waals surface area contributed by atoms with Gasteiger partial charge in [-0.15, -0.1) is 10.2 Å². The Kier molecular flexibility index (Phi) is 5.15. The molecule has 2 aromatic rings. The van der Waals surface area contributed by atoms with Crippen molar-refractivity contribution >= 4 is 45.7 Å². The van der Waals surface area contributed by atoms with Crippen LogP contribution >= 0.6 is 23.1 Å². The third-order valence-corrected chi connectivity index (χ3v) is 5.66. The lowest BCUT2D eigenvalue weighted by Crippen LogP contribution is -2.28. The number of hydrogen-bond donors (Lipinski definition) is 1. The Balaban J connectivity index is 1.66. The summed E-state index contributed by atoms with van der Waals surface area (Å²) in [4.78, 5) is 26.4. The summed E-state index contributed by atoms with van der Waals surface area (Å²) in [5.74, 6) is 0.335.